The van der Waals surface area contributed by atoms with Crippen LogP contribution in [0.5, 0.6) is 0 Å². The van der Waals surface area contributed by atoms with Crippen LogP contribution in [-0.2, 0) is 9.53 Å². The van der Waals surface area contributed by atoms with Crippen molar-refractivity contribution in [1.29, 1.82) is 5.26 Å². The van der Waals surface area contributed by atoms with Gasteiger partial charge in [0.25, 0.3) is 5.91 Å². The number of nitrogens with zero attached hydrogens (tertiary/aromatic N) is 1. The van der Waals surface area contributed by atoms with Gasteiger partial charge in [-0.15, -0.1) is 0 Å². The highest BCUT2D eigenvalue weighted by Crippen LogP contribution is 2.22. The number of ether oxygens (including phenoxy) is 1. The van der Waals surface area contributed by atoms with Gasteiger partial charge >= 0.3 is 5.97 Å². The van der Waals surface area contributed by atoms with Gasteiger partial charge in [-0.2, -0.15) is 5.26 Å². The van der Waals surface area contributed by atoms with Crippen LogP contribution in [0.15, 0.2) is 48.2 Å². The van der Waals surface area contributed by atoms with Crippen LogP contribution in [0.2, 0.25) is 0 Å². The van der Waals surface area contributed by atoms with E-state index in [9.17, 15) is 14.9 Å². The SMILES string of the molecule is CCOC(=O)c1ccc(NC(=O)/C(C#N)=C\Nc2c(C)cc(C)cc2C)cc1. The van der Waals surface area contributed by atoms with E-state index in [2.05, 4.69) is 10.6 Å². The molecule has 0 aliphatic heterocycles. The summed E-state index contributed by atoms with van der Waals surface area (Å²) in [5.74, 6) is -0.965. The van der Waals surface area contributed by atoms with Crippen LogP contribution in [0, 0.1) is 32.1 Å². The topological polar surface area (TPSA) is 91.2 Å². The van der Waals surface area contributed by atoms with Crippen LogP contribution < -0.4 is 10.6 Å². The Labute approximate surface area is 164 Å². The standard InChI is InChI=1S/C22H23N3O3/c1-5-28-22(27)17-6-8-19(9-7-17)25-21(26)18(12-23)13-24-20-15(3)10-14(2)11-16(20)4/h6-11,13,24H,5H2,1-4H3,(H,25,26)/b18-13-. The maximum atomic E-state index is 12.4. The van der Waals surface area contributed by atoms with E-state index >= 15 is 0 Å². The van der Waals surface area contributed by atoms with E-state index in [4.69, 9.17) is 4.74 Å². The zero-order chi connectivity index (χ0) is 20.7. The lowest BCUT2D eigenvalue weighted by Gasteiger charge is -2.11. The first-order chi connectivity index (χ1) is 13.3. The minimum atomic E-state index is -0.540. The number of hydrogen-bond donors (Lipinski definition) is 2. The average molecular weight is 377 g/mol. The fourth-order valence-electron chi connectivity index (χ4n) is 2.80. The van der Waals surface area contributed by atoms with Crippen LogP contribution in [0.3, 0.4) is 0 Å². The van der Waals surface area contributed by atoms with Gasteiger partial charge in [0, 0.05) is 17.6 Å². The van der Waals surface area contributed by atoms with Gasteiger partial charge in [-0.25, -0.2) is 4.79 Å². The molecule has 2 N–H and O–H groups in total. The van der Waals surface area contributed by atoms with E-state index < -0.39 is 11.9 Å². The molecule has 0 atom stereocenters. The second-order valence-corrected chi connectivity index (χ2v) is 6.34. The minimum absolute atomic E-state index is 0.0613. The van der Waals surface area contributed by atoms with Crippen molar-refractivity contribution in [2.45, 2.75) is 27.7 Å². The highest BCUT2D eigenvalue weighted by atomic mass is 16.5. The number of amides is 1. The Bertz CT molecular complexity index is 931. The molecule has 28 heavy (non-hydrogen) atoms. The van der Waals surface area contributed by atoms with Gasteiger partial charge in [-0.1, -0.05) is 17.7 Å². The number of aryl methyl sites for hydroxylation is 3. The Balaban J connectivity index is 2.10. The van der Waals surface area contributed by atoms with Gasteiger partial charge in [-0.05, 0) is 63.1 Å². The number of carbonyl (C=O) groups excluding carboxylic acids is 2. The zero-order valence-corrected chi connectivity index (χ0v) is 16.4. The van der Waals surface area contributed by atoms with Crippen molar-refractivity contribution in [2.75, 3.05) is 17.2 Å². The van der Waals surface area contributed by atoms with E-state index in [0.29, 0.717) is 17.9 Å². The largest absolute Gasteiger partial charge is 0.462 e. The lowest BCUT2D eigenvalue weighted by molar-refractivity contribution is -0.112. The third kappa shape index (κ3) is 5.21. The molecule has 0 aliphatic carbocycles. The molecule has 0 bridgehead atoms. The lowest BCUT2D eigenvalue weighted by atomic mass is 10.1. The molecule has 2 rings (SSSR count). The van der Waals surface area contributed by atoms with Crippen LogP contribution in [-0.4, -0.2) is 18.5 Å². The van der Waals surface area contributed by atoms with Crippen LogP contribution in [0.4, 0.5) is 11.4 Å². The van der Waals surface area contributed by atoms with E-state index in [1.807, 2.05) is 39.0 Å². The molecular formula is C22H23N3O3. The van der Waals surface area contributed by atoms with E-state index in [1.165, 1.54) is 6.20 Å². The molecule has 2 aromatic rings. The van der Waals surface area contributed by atoms with Crippen molar-refractivity contribution in [3.05, 3.63) is 70.4 Å². The van der Waals surface area contributed by atoms with Gasteiger partial charge in [0.15, 0.2) is 0 Å². The van der Waals surface area contributed by atoms with Crippen molar-refractivity contribution >= 4 is 23.3 Å². The Hall–Kier alpha value is -3.59. The molecule has 144 valence electrons. The van der Waals surface area contributed by atoms with Crippen LogP contribution in [0.25, 0.3) is 0 Å². The first-order valence-electron chi connectivity index (χ1n) is 8.89. The first-order valence-corrected chi connectivity index (χ1v) is 8.89. The summed E-state index contributed by atoms with van der Waals surface area (Å²) in [4.78, 5) is 24.0. The monoisotopic (exact) mass is 377 g/mol. The molecule has 0 saturated heterocycles. The zero-order valence-electron chi connectivity index (χ0n) is 16.4. The fourth-order valence-corrected chi connectivity index (χ4v) is 2.80. The Kier molecular flexibility index (Phi) is 6.94. The second-order valence-electron chi connectivity index (χ2n) is 6.34. The quantitative estimate of drug-likeness (QED) is 0.446. The van der Waals surface area contributed by atoms with Crippen molar-refractivity contribution in [2.24, 2.45) is 0 Å². The number of nitrogens with one attached hydrogen (secondary N) is 2. The normalized spacial score (nSPS) is 10.8. The summed E-state index contributed by atoms with van der Waals surface area (Å²) in [6, 6.07) is 12.2. The predicted octanol–water partition coefficient (Wildman–Crippen LogP) is 4.25. The molecule has 0 saturated carbocycles. The van der Waals surface area contributed by atoms with Gasteiger partial charge in [0.05, 0.1) is 12.2 Å². The molecular weight excluding hydrogens is 354 g/mol. The van der Waals surface area contributed by atoms with E-state index in [0.717, 1.165) is 22.4 Å². The Morgan fingerprint density at radius 3 is 2.25 bits per heavy atom. The highest BCUT2D eigenvalue weighted by molar-refractivity contribution is 6.07. The van der Waals surface area contributed by atoms with Crippen molar-refractivity contribution in [3.8, 4) is 6.07 Å². The van der Waals surface area contributed by atoms with Gasteiger partial charge < -0.3 is 15.4 Å². The summed E-state index contributed by atoms with van der Waals surface area (Å²) in [6.45, 7) is 7.97. The molecule has 0 heterocycles. The molecule has 0 fully saturated rings. The maximum absolute atomic E-state index is 12.4. The first kappa shape index (κ1) is 20.7. The van der Waals surface area contributed by atoms with Gasteiger partial charge in [0.2, 0.25) is 0 Å². The molecule has 0 unspecified atom stereocenters. The number of benzene rings is 2. The third-order valence-corrected chi connectivity index (χ3v) is 4.06. The number of carbonyl (C=O) groups is 2. The highest BCUT2D eigenvalue weighted by Gasteiger charge is 2.11. The molecule has 0 radical (unpaired) electrons. The predicted molar refractivity (Wildman–Crippen MR) is 109 cm³/mol. The molecule has 2 aromatic carbocycles. The molecule has 0 aromatic heterocycles. The summed E-state index contributed by atoms with van der Waals surface area (Å²) < 4.78 is 4.92. The van der Waals surface area contributed by atoms with Crippen molar-refractivity contribution in [3.63, 3.8) is 0 Å². The summed E-state index contributed by atoms with van der Waals surface area (Å²) in [6.07, 6.45) is 1.40. The number of hydrogen-bond acceptors (Lipinski definition) is 5. The summed E-state index contributed by atoms with van der Waals surface area (Å²) >= 11 is 0. The molecule has 0 spiro atoms. The number of nitriles is 1. The summed E-state index contributed by atoms with van der Waals surface area (Å²) in [7, 11) is 0. The molecule has 6 heteroatoms. The van der Waals surface area contributed by atoms with E-state index in [-0.39, 0.29) is 5.57 Å². The maximum Gasteiger partial charge on any atom is 0.338 e. The second kappa shape index (κ2) is 9.38. The number of esters is 1. The van der Waals surface area contributed by atoms with Crippen LogP contribution in [0.1, 0.15) is 34.0 Å². The smallest absolute Gasteiger partial charge is 0.338 e. The molecule has 6 nitrogen and oxygen atoms in total. The average Bonchev–Trinajstić information content (AvgIpc) is 2.64. The number of rotatable bonds is 6. The molecule has 1 amide bonds. The van der Waals surface area contributed by atoms with Crippen molar-refractivity contribution in [1.82, 2.24) is 0 Å². The van der Waals surface area contributed by atoms with Gasteiger partial charge in [-0.3, -0.25) is 4.79 Å². The Morgan fingerprint density at radius 1 is 1.11 bits per heavy atom. The van der Waals surface area contributed by atoms with E-state index in [1.54, 1.807) is 31.2 Å². The minimum Gasteiger partial charge on any atom is -0.462 e. The third-order valence-electron chi connectivity index (χ3n) is 4.06. The number of anilines is 2. The fraction of sp³-hybridized carbons (Fsp3) is 0.227. The van der Waals surface area contributed by atoms with Crippen LogP contribution >= 0.6 is 0 Å². The summed E-state index contributed by atoms with van der Waals surface area (Å²) in [5.41, 5.74) is 4.87. The summed E-state index contributed by atoms with van der Waals surface area (Å²) in [5, 5.41) is 15.0. The molecule has 0 aliphatic rings. The van der Waals surface area contributed by atoms with Gasteiger partial charge in [0.1, 0.15) is 11.6 Å². The lowest BCUT2D eigenvalue weighted by Crippen LogP contribution is -2.15. The Morgan fingerprint density at radius 2 is 1.71 bits per heavy atom. The van der Waals surface area contributed by atoms with Crippen molar-refractivity contribution < 1.29 is 14.3 Å².